The van der Waals surface area contributed by atoms with Gasteiger partial charge in [0.2, 0.25) is 5.91 Å². The van der Waals surface area contributed by atoms with Gasteiger partial charge >= 0.3 is 0 Å². The smallest absolute Gasteiger partial charge is 0.232 e. The van der Waals surface area contributed by atoms with Crippen LogP contribution in [0.5, 0.6) is 0 Å². The van der Waals surface area contributed by atoms with Gasteiger partial charge < -0.3 is 20.2 Å². The van der Waals surface area contributed by atoms with Gasteiger partial charge in [-0.15, -0.1) is 12.4 Å². The number of rotatable bonds is 5. The molecule has 2 heterocycles. The first-order chi connectivity index (χ1) is 13.2. The maximum absolute atomic E-state index is 12.8. The normalized spacial score (nSPS) is 15.8. The van der Waals surface area contributed by atoms with Crippen LogP contribution in [0.3, 0.4) is 0 Å². The maximum atomic E-state index is 12.8. The first-order valence-electron chi connectivity index (χ1n) is 9.21. The Labute approximate surface area is 169 Å². The number of oxazole rings is 1. The van der Waals surface area contributed by atoms with Crippen LogP contribution in [-0.4, -0.2) is 30.6 Å². The first kappa shape index (κ1) is 20.3. The molecule has 1 aromatic heterocycles. The van der Waals surface area contributed by atoms with E-state index in [0.29, 0.717) is 56.2 Å². The fourth-order valence-electron chi connectivity index (χ4n) is 3.45. The molecular weight excluding hydrogens is 378 g/mol. The van der Waals surface area contributed by atoms with Crippen molar-refractivity contribution in [1.82, 2.24) is 4.98 Å². The fourth-order valence-corrected chi connectivity index (χ4v) is 3.45. The maximum Gasteiger partial charge on any atom is 0.232 e. The highest BCUT2D eigenvalue weighted by atomic mass is 35.5. The van der Waals surface area contributed by atoms with Crippen molar-refractivity contribution >= 4 is 35.1 Å². The second-order valence-corrected chi connectivity index (χ2v) is 7.00. The number of carbonyl (C=O) groups is 1. The van der Waals surface area contributed by atoms with Crippen molar-refractivity contribution in [3.8, 4) is 0 Å². The lowest BCUT2D eigenvalue weighted by Crippen LogP contribution is -2.46. The Bertz CT molecular complexity index is 936. The number of anilines is 1. The van der Waals surface area contributed by atoms with Crippen LogP contribution in [0.25, 0.3) is 11.1 Å². The molecule has 0 radical (unpaired) electrons. The van der Waals surface area contributed by atoms with E-state index in [9.17, 15) is 4.79 Å². The molecule has 4 rings (SSSR count). The third kappa shape index (κ3) is 4.19. The van der Waals surface area contributed by atoms with E-state index in [0.717, 1.165) is 11.1 Å². The highest BCUT2D eigenvalue weighted by Gasteiger charge is 2.38. The van der Waals surface area contributed by atoms with Gasteiger partial charge in [0.15, 0.2) is 11.5 Å². The predicted octanol–water partition coefficient (Wildman–Crippen LogP) is 3.53. The van der Waals surface area contributed by atoms with Gasteiger partial charge in [-0.25, -0.2) is 4.98 Å². The van der Waals surface area contributed by atoms with E-state index < -0.39 is 5.41 Å². The van der Waals surface area contributed by atoms with Crippen molar-refractivity contribution in [3.63, 3.8) is 0 Å². The number of nitrogens with one attached hydrogen (secondary N) is 1. The summed E-state index contributed by atoms with van der Waals surface area (Å²) in [6.45, 7) is 1.44. The molecule has 0 unspecified atom stereocenters. The van der Waals surface area contributed by atoms with E-state index in [1.807, 2.05) is 48.5 Å². The number of benzene rings is 2. The number of fused-ring (bicyclic) bond motifs is 1. The monoisotopic (exact) mass is 401 g/mol. The van der Waals surface area contributed by atoms with Crippen LogP contribution < -0.4 is 11.1 Å². The van der Waals surface area contributed by atoms with Gasteiger partial charge in [0, 0.05) is 37.9 Å². The second kappa shape index (κ2) is 8.73. The third-order valence-corrected chi connectivity index (χ3v) is 5.21. The summed E-state index contributed by atoms with van der Waals surface area (Å²) in [5.74, 6) is 0.596. The molecule has 1 aliphatic heterocycles. The number of hydrogen-bond acceptors (Lipinski definition) is 5. The Morgan fingerprint density at radius 2 is 1.89 bits per heavy atom. The van der Waals surface area contributed by atoms with Gasteiger partial charge in [-0.05, 0) is 30.5 Å². The molecular formula is C21H24ClN3O3. The summed E-state index contributed by atoms with van der Waals surface area (Å²) in [7, 11) is 0. The number of amides is 1. The molecule has 2 aromatic carbocycles. The van der Waals surface area contributed by atoms with Crippen molar-refractivity contribution in [2.75, 3.05) is 25.1 Å². The average molecular weight is 402 g/mol. The Morgan fingerprint density at radius 3 is 2.61 bits per heavy atom. The van der Waals surface area contributed by atoms with Crippen molar-refractivity contribution in [1.29, 1.82) is 0 Å². The summed E-state index contributed by atoms with van der Waals surface area (Å²) in [6, 6.07) is 15.6. The Morgan fingerprint density at radius 1 is 1.14 bits per heavy atom. The number of hydrogen-bond donors (Lipinski definition) is 2. The van der Waals surface area contributed by atoms with Crippen LogP contribution in [0.1, 0.15) is 24.3 Å². The third-order valence-electron chi connectivity index (χ3n) is 5.21. The second-order valence-electron chi connectivity index (χ2n) is 7.00. The quantitative estimate of drug-likeness (QED) is 0.682. The van der Waals surface area contributed by atoms with Crippen molar-refractivity contribution in [2.24, 2.45) is 11.1 Å². The molecule has 1 amide bonds. The zero-order chi connectivity index (χ0) is 18.7. The molecule has 0 atom stereocenters. The van der Waals surface area contributed by atoms with Gasteiger partial charge in [-0.3, -0.25) is 4.79 Å². The number of halogens is 1. The van der Waals surface area contributed by atoms with Crippen LogP contribution in [0.15, 0.2) is 52.9 Å². The Balaban J connectivity index is 0.00000225. The average Bonchev–Trinajstić information content (AvgIpc) is 3.10. The van der Waals surface area contributed by atoms with Gasteiger partial charge in [0.25, 0.3) is 0 Å². The standard InChI is InChI=1S/C21H23N3O3.ClH/c22-14-21(8-10-26-11-9-21)20(25)23-16-6-7-17-18(13-16)27-19(24-17)12-15-4-2-1-3-5-15;/h1-7,13H,8-12,14,22H2,(H,23,25);1H. The lowest BCUT2D eigenvalue weighted by Gasteiger charge is -2.34. The lowest BCUT2D eigenvalue weighted by molar-refractivity contribution is -0.130. The van der Waals surface area contributed by atoms with Crippen LogP contribution >= 0.6 is 12.4 Å². The first-order valence-corrected chi connectivity index (χ1v) is 9.21. The molecule has 0 aliphatic carbocycles. The summed E-state index contributed by atoms with van der Waals surface area (Å²) in [5.41, 5.74) is 8.62. The van der Waals surface area contributed by atoms with Gasteiger partial charge in [-0.2, -0.15) is 0 Å². The van der Waals surface area contributed by atoms with E-state index >= 15 is 0 Å². The molecule has 7 heteroatoms. The molecule has 0 spiro atoms. The van der Waals surface area contributed by atoms with Gasteiger partial charge in [0.05, 0.1) is 5.41 Å². The number of aromatic nitrogens is 1. The molecule has 1 aliphatic rings. The van der Waals surface area contributed by atoms with Gasteiger partial charge in [0.1, 0.15) is 5.52 Å². The van der Waals surface area contributed by atoms with Crippen LogP contribution in [-0.2, 0) is 16.0 Å². The Hall–Kier alpha value is -2.41. The molecule has 148 valence electrons. The minimum absolute atomic E-state index is 0. The molecule has 3 N–H and O–H groups in total. The lowest BCUT2D eigenvalue weighted by atomic mass is 9.79. The molecule has 1 saturated heterocycles. The number of ether oxygens (including phenoxy) is 1. The minimum Gasteiger partial charge on any atom is -0.440 e. The van der Waals surface area contributed by atoms with E-state index in [2.05, 4.69) is 10.3 Å². The summed E-state index contributed by atoms with van der Waals surface area (Å²) < 4.78 is 11.3. The fraction of sp³-hybridized carbons (Fsp3) is 0.333. The van der Waals surface area contributed by atoms with Crippen LogP contribution in [0.4, 0.5) is 5.69 Å². The molecule has 0 bridgehead atoms. The van der Waals surface area contributed by atoms with E-state index in [1.165, 1.54) is 0 Å². The van der Waals surface area contributed by atoms with Crippen LogP contribution in [0.2, 0.25) is 0 Å². The van der Waals surface area contributed by atoms with Gasteiger partial charge in [-0.1, -0.05) is 30.3 Å². The topological polar surface area (TPSA) is 90.4 Å². The van der Waals surface area contributed by atoms with E-state index in [1.54, 1.807) is 0 Å². The highest BCUT2D eigenvalue weighted by molar-refractivity contribution is 5.97. The summed E-state index contributed by atoms with van der Waals surface area (Å²) >= 11 is 0. The van der Waals surface area contributed by atoms with Crippen molar-refractivity contribution in [3.05, 3.63) is 60.0 Å². The molecule has 3 aromatic rings. The molecule has 1 fully saturated rings. The largest absolute Gasteiger partial charge is 0.440 e. The van der Waals surface area contributed by atoms with Crippen LogP contribution in [0, 0.1) is 5.41 Å². The number of carbonyl (C=O) groups excluding carboxylic acids is 1. The number of nitrogens with zero attached hydrogens (tertiary/aromatic N) is 1. The SMILES string of the molecule is Cl.NCC1(C(=O)Nc2ccc3nc(Cc4ccccc4)oc3c2)CCOCC1. The summed E-state index contributed by atoms with van der Waals surface area (Å²) in [4.78, 5) is 17.3. The number of nitrogens with two attached hydrogens (primary N) is 1. The highest BCUT2D eigenvalue weighted by Crippen LogP contribution is 2.31. The summed E-state index contributed by atoms with van der Waals surface area (Å²) in [6.07, 6.45) is 1.91. The zero-order valence-electron chi connectivity index (χ0n) is 15.5. The molecule has 6 nitrogen and oxygen atoms in total. The molecule has 28 heavy (non-hydrogen) atoms. The minimum atomic E-state index is -0.562. The van der Waals surface area contributed by atoms with E-state index in [-0.39, 0.29) is 18.3 Å². The Kier molecular flexibility index (Phi) is 6.34. The predicted molar refractivity (Wildman–Crippen MR) is 111 cm³/mol. The van der Waals surface area contributed by atoms with Crippen molar-refractivity contribution in [2.45, 2.75) is 19.3 Å². The van der Waals surface area contributed by atoms with Crippen molar-refractivity contribution < 1.29 is 13.9 Å². The zero-order valence-corrected chi connectivity index (χ0v) is 16.3. The molecule has 0 saturated carbocycles. The van der Waals surface area contributed by atoms with E-state index in [4.69, 9.17) is 14.9 Å². The summed E-state index contributed by atoms with van der Waals surface area (Å²) in [5, 5.41) is 2.99.